The van der Waals surface area contributed by atoms with E-state index >= 15 is 0 Å². The predicted molar refractivity (Wildman–Crippen MR) is 92.3 cm³/mol. The van der Waals surface area contributed by atoms with Crippen LogP contribution in [0.3, 0.4) is 0 Å². The van der Waals surface area contributed by atoms with Crippen LogP contribution in [0.2, 0.25) is 5.02 Å². The van der Waals surface area contributed by atoms with Gasteiger partial charge in [-0.15, -0.1) is 5.10 Å². The molecule has 25 heavy (non-hydrogen) atoms. The Labute approximate surface area is 147 Å². The average Bonchev–Trinajstić information content (AvgIpc) is 3.10. The van der Waals surface area contributed by atoms with Crippen molar-refractivity contribution in [3.05, 3.63) is 65.4 Å². The molecule has 0 saturated carbocycles. The van der Waals surface area contributed by atoms with E-state index in [1.165, 1.54) is 11.0 Å². The first-order valence-corrected chi connectivity index (χ1v) is 7.66. The zero-order valence-electron chi connectivity index (χ0n) is 12.9. The number of halogens is 1. The van der Waals surface area contributed by atoms with Gasteiger partial charge in [-0.3, -0.25) is 9.59 Å². The molecular weight excluding hydrogens is 344 g/mol. The van der Waals surface area contributed by atoms with Crippen molar-refractivity contribution >= 4 is 34.8 Å². The Morgan fingerprint density at radius 3 is 2.32 bits per heavy atom. The highest BCUT2D eigenvalue weighted by atomic mass is 35.5. The molecule has 3 rings (SSSR count). The summed E-state index contributed by atoms with van der Waals surface area (Å²) in [6.07, 6.45) is 1.34. The molecule has 1 aromatic heterocycles. The number of amides is 2. The highest BCUT2D eigenvalue weighted by Crippen LogP contribution is 2.22. The zero-order chi connectivity index (χ0) is 17.6. The fourth-order valence-electron chi connectivity index (χ4n) is 2.09. The lowest BCUT2D eigenvalue weighted by molar-refractivity contribution is -0.116. The Hall–Kier alpha value is -3.26. The number of hydrogen-bond donors (Lipinski definition) is 2. The molecule has 0 aliphatic carbocycles. The number of nitrogens with zero attached hydrogens (tertiary/aromatic N) is 4. The first kappa shape index (κ1) is 16.6. The zero-order valence-corrected chi connectivity index (χ0v) is 13.6. The Bertz CT molecular complexity index is 880. The van der Waals surface area contributed by atoms with Crippen molar-refractivity contribution < 1.29 is 9.59 Å². The van der Waals surface area contributed by atoms with Gasteiger partial charge in [0.15, 0.2) is 0 Å². The van der Waals surface area contributed by atoms with Gasteiger partial charge in [-0.25, -0.2) is 4.68 Å². The fraction of sp³-hybridized carbons (Fsp3) is 0.0625. The standard InChI is InChI=1S/C16H13ClN6O2/c17-12-7-5-11(6-8-12)16(25)20-14-4-2-1-3-13(14)19-15(24)9-23-10-18-21-22-23/h1-8,10H,9H2,(H,19,24)(H,20,25). The van der Waals surface area contributed by atoms with Gasteiger partial charge < -0.3 is 10.6 Å². The molecule has 1 heterocycles. The van der Waals surface area contributed by atoms with Crippen LogP contribution in [-0.4, -0.2) is 32.0 Å². The molecule has 0 bridgehead atoms. The summed E-state index contributed by atoms with van der Waals surface area (Å²) in [4.78, 5) is 24.4. The van der Waals surface area contributed by atoms with Gasteiger partial charge in [0.25, 0.3) is 5.91 Å². The number of aromatic nitrogens is 4. The van der Waals surface area contributed by atoms with Crippen molar-refractivity contribution in [2.24, 2.45) is 0 Å². The summed E-state index contributed by atoms with van der Waals surface area (Å²) in [7, 11) is 0. The third kappa shape index (κ3) is 4.39. The van der Waals surface area contributed by atoms with Crippen molar-refractivity contribution in [3.8, 4) is 0 Å². The molecule has 0 aliphatic heterocycles. The molecule has 3 aromatic rings. The fourth-order valence-corrected chi connectivity index (χ4v) is 2.21. The third-order valence-electron chi connectivity index (χ3n) is 3.25. The molecule has 0 saturated heterocycles. The molecule has 2 amide bonds. The lowest BCUT2D eigenvalue weighted by Crippen LogP contribution is -2.21. The second-order valence-electron chi connectivity index (χ2n) is 5.06. The van der Waals surface area contributed by atoms with Crippen molar-refractivity contribution in [3.63, 3.8) is 0 Å². The van der Waals surface area contributed by atoms with Crippen LogP contribution < -0.4 is 10.6 Å². The molecule has 8 nitrogen and oxygen atoms in total. The van der Waals surface area contributed by atoms with E-state index in [1.54, 1.807) is 48.5 Å². The lowest BCUT2D eigenvalue weighted by atomic mass is 10.2. The quantitative estimate of drug-likeness (QED) is 0.729. The molecule has 2 aromatic carbocycles. The van der Waals surface area contributed by atoms with Crippen LogP contribution in [-0.2, 0) is 11.3 Å². The predicted octanol–water partition coefficient (Wildman–Crippen LogP) is 2.22. The Morgan fingerprint density at radius 1 is 1.00 bits per heavy atom. The minimum Gasteiger partial charge on any atom is -0.323 e. The molecule has 0 aliphatic rings. The number of carbonyl (C=O) groups is 2. The van der Waals surface area contributed by atoms with Gasteiger partial charge in [0.05, 0.1) is 11.4 Å². The van der Waals surface area contributed by atoms with E-state index in [4.69, 9.17) is 11.6 Å². The molecule has 0 spiro atoms. The molecule has 0 radical (unpaired) electrons. The number of benzene rings is 2. The van der Waals surface area contributed by atoms with Crippen molar-refractivity contribution in [1.29, 1.82) is 0 Å². The summed E-state index contributed by atoms with van der Waals surface area (Å²) >= 11 is 5.82. The molecule has 0 fully saturated rings. The number of para-hydroxylation sites is 2. The van der Waals surface area contributed by atoms with E-state index < -0.39 is 0 Å². The number of rotatable bonds is 5. The van der Waals surface area contributed by atoms with Gasteiger partial charge in [0.2, 0.25) is 5.91 Å². The van der Waals surface area contributed by atoms with Crippen molar-refractivity contribution in [1.82, 2.24) is 20.2 Å². The van der Waals surface area contributed by atoms with E-state index in [2.05, 4.69) is 26.2 Å². The van der Waals surface area contributed by atoms with Crippen LogP contribution in [0.4, 0.5) is 11.4 Å². The summed E-state index contributed by atoms with van der Waals surface area (Å²) in [5, 5.41) is 16.6. The van der Waals surface area contributed by atoms with Gasteiger partial charge >= 0.3 is 0 Å². The van der Waals surface area contributed by atoms with Crippen molar-refractivity contribution in [2.75, 3.05) is 10.6 Å². The van der Waals surface area contributed by atoms with Crippen LogP contribution >= 0.6 is 11.6 Å². The van der Waals surface area contributed by atoms with Crippen LogP contribution in [0.15, 0.2) is 54.9 Å². The third-order valence-corrected chi connectivity index (χ3v) is 3.50. The maximum atomic E-state index is 12.3. The van der Waals surface area contributed by atoms with Crippen molar-refractivity contribution in [2.45, 2.75) is 6.54 Å². The smallest absolute Gasteiger partial charge is 0.255 e. The minimum atomic E-state index is -0.319. The summed E-state index contributed by atoms with van der Waals surface area (Å²) < 4.78 is 1.30. The van der Waals surface area contributed by atoms with E-state index in [0.717, 1.165) is 0 Å². The molecule has 0 unspecified atom stereocenters. The van der Waals surface area contributed by atoms with Crippen LogP contribution in [0, 0.1) is 0 Å². The highest BCUT2D eigenvalue weighted by Gasteiger charge is 2.11. The second kappa shape index (κ2) is 7.54. The lowest BCUT2D eigenvalue weighted by Gasteiger charge is -2.12. The van der Waals surface area contributed by atoms with Gasteiger partial charge in [0, 0.05) is 10.6 Å². The number of hydrogen-bond acceptors (Lipinski definition) is 5. The number of tetrazole rings is 1. The first-order valence-electron chi connectivity index (χ1n) is 7.28. The average molecular weight is 357 g/mol. The first-order chi connectivity index (χ1) is 12.1. The summed E-state index contributed by atoms with van der Waals surface area (Å²) in [5.41, 5.74) is 1.41. The minimum absolute atomic E-state index is 0.0353. The number of nitrogens with one attached hydrogen (secondary N) is 2. The molecular formula is C16H13ClN6O2. The van der Waals surface area contributed by atoms with E-state index in [-0.39, 0.29) is 18.4 Å². The van der Waals surface area contributed by atoms with Crippen LogP contribution in [0.1, 0.15) is 10.4 Å². The number of anilines is 2. The van der Waals surface area contributed by atoms with Crippen LogP contribution in [0.5, 0.6) is 0 Å². The normalized spacial score (nSPS) is 10.3. The Kier molecular flexibility index (Phi) is 5.00. The van der Waals surface area contributed by atoms with Gasteiger partial charge in [-0.1, -0.05) is 23.7 Å². The molecule has 9 heteroatoms. The molecule has 126 valence electrons. The number of carbonyl (C=O) groups excluding carboxylic acids is 2. The van der Waals surface area contributed by atoms with E-state index in [9.17, 15) is 9.59 Å². The highest BCUT2D eigenvalue weighted by molar-refractivity contribution is 6.30. The summed E-state index contributed by atoms with van der Waals surface area (Å²) in [6, 6.07) is 13.4. The topological polar surface area (TPSA) is 102 Å². The maximum absolute atomic E-state index is 12.3. The van der Waals surface area contributed by atoms with E-state index in [0.29, 0.717) is 22.0 Å². The largest absolute Gasteiger partial charge is 0.323 e. The molecule has 0 atom stereocenters. The van der Waals surface area contributed by atoms with Gasteiger partial charge in [0.1, 0.15) is 12.9 Å². The monoisotopic (exact) mass is 356 g/mol. The Morgan fingerprint density at radius 2 is 1.68 bits per heavy atom. The van der Waals surface area contributed by atoms with Gasteiger partial charge in [-0.2, -0.15) is 0 Å². The Balaban J connectivity index is 1.71. The SMILES string of the molecule is O=C(Cn1cnnn1)Nc1ccccc1NC(=O)c1ccc(Cl)cc1. The summed E-state index contributed by atoms with van der Waals surface area (Å²) in [6.45, 7) is -0.0353. The maximum Gasteiger partial charge on any atom is 0.255 e. The second-order valence-corrected chi connectivity index (χ2v) is 5.50. The van der Waals surface area contributed by atoms with E-state index in [1.807, 2.05) is 0 Å². The van der Waals surface area contributed by atoms with Gasteiger partial charge in [-0.05, 0) is 46.8 Å². The van der Waals surface area contributed by atoms with Crippen LogP contribution in [0.25, 0.3) is 0 Å². The molecule has 2 N–H and O–H groups in total. The summed E-state index contributed by atoms with van der Waals surface area (Å²) in [5.74, 6) is -0.626.